The molecule has 0 radical (unpaired) electrons. The molecule has 0 bridgehead atoms. The third-order valence-electron chi connectivity index (χ3n) is 7.75. The van der Waals surface area contributed by atoms with Crippen LogP contribution in [0, 0.1) is 34.6 Å². The molecule has 0 spiro atoms. The first-order chi connectivity index (χ1) is 17.3. The van der Waals surface area contributed by atoms with Crippen LogP contribution in [0.15, 0.2) is 121 Å². The molecule has 180 valence electrons. The molecule has 5 aromatic rings. The van der Waals surface area contributed by atoms with Crippen LogP contribution in [0.25, 0.3) is 0 Å². The first-order valence-electron chi connectivity index (χ1n) is 12.7. The standard InChI is InChI=1S/5C7H7.Bi/c5*1-7-5-3-2-4-6-7;/h5*3-6H,1H3;. The Balaban J connectivity index is 2.12. The summed E-state index contributed by atoms with van der Waals surface area (Å²) in [5.74, 6) is 0. The average Bonchev–Trinajstić information content (AvgIpc) is 2.89. The molecule has 0 saturated carbocycles. The van der Waals surface area contributed by atoms with E-state index in [-0.39, 0.29) is 0 Å². The van der Waals surface area contributed by atoms with Gasteiger partial charge in [0.2, 0.25) is 0 Å². The molecule has 0 heterocycles. The van der Waals surface area contributed by atoms with E-state index in [9.17, 15) is 0 Å². The fraction of sp³-hybridized carbons (Fsp3) is 0.143. The van der Waals surface area contributed by atoms with Crippen LogP contribution in [-0.4, -0.2) is 18.8 Å². The average molecular weight is 665 g/mol. The molecule has 0 aliphatic rings. The van der Waals surface area contributed by atoms with Gasteiger partial charge in [0.1, 0.15) is 0 Å². The van der Waals surface area contributed by atoms with Crippen molar-refractivity contribution in [3.63, 3.8) is 0 Å². The number of rotatable bonds is 5. The van der Waals surface area contributed by atoms with Crippen molar-refractivity contribution in [2.24, 2.45) is 0 Å². The van der Waals surface area contributed by atoms with E-state index < -0.39 is 18.8 Å². The molecule has 0 atom stereocenters. The van der Waals surface area contributed by atoms with E-state index in [1.807, 2.05) is 0 Å². The fourth-order valence-electron chi connectivity index (χ4n) is 5.71. The van der Waals surface area contributed by atoms with Gasteiger partial charge < -0.3 is 0 Å². The Bertz CT molecular complexity index is 1190. The van der Waals surface area contributed by atoms with Crippen molar-refractivity contribution in [1.29, 1.82) is 0 Å². The van der Waals surface area contributed by atoms with Crippen molar-refractivity contribution < 1.29 is 0 Å². The summed E-state index contributed by atoms with van der Waals surface area (Å²) in [6, 6.07) is 47.2. The zero-order valence-corrected chi connectivity index (χ0v) is 25.5. The zero-order valence-electron chi connectivity index (χ0n) is 22.0. The molecule has 36 heavy (non-hydrogen) atoms. The molecule has 5 aromatic carbocycles. The van der Waals surface area contributed by atoms with Crippen LogP contribution < -0.4 is 16.4 Å². The predicted molar refractivity (Wildman–Crippen MR) is 160 cm³/mol. The van der Waals surface area contributed by atoms with E-state index >= 15 is 0 Å². The summed E-state index contributed by atoms with van der Waals surface area (Å²) in [6.45, 7) is 10.9. The summed E-state index contributed by atoms with van der Waals surface area (Å²) in [5, 5.41) is 0. The van der Waals surface area contributed by atoms with Crippen molar-refractivity contribution in [2.75, 3.05) is 0 Å². The minimum atomic E-state index is -4.82. The second kappa shape index (κ2) is 9.46. The van der Waals surface area contributed by atoms with E-state index in [1.54, 1.807) is 0 Å². The molecule has 0 saturated heterocycles. The molecule has 5 rings (SSSR count). The summed E-state index contributed by atoms with van der Waals surface area (Å²) < 4.78 is 7.25. The third kappa shape index (κ3) is 3.68. The van der Waals surface area contributed by atoms with Gasteiger partial charge in [-0.3, -0.25) is 0 Å². The Morgan fingerprint density at radius 2 is 0.389 bits per heavy atom. The summed E-state index contributed by atoms with van der Waals surface area (Å²) in [7, 11) is 0. The molecule has 0 aliphatic heterocycles. The second-order valence-corrected chi connectivity index (χ2v) is 29.0. The minimum absolute atomic E-state index is 1.29. The Morgan fingerprint density at radius 1 is 0.250 bits per heavy atom. The summed E-state index contributed by atoms with van der Waals surface area (Å²) >= 11 is -4.82. The molecule has 0 amide bonds. The maximum absolute atomic E-state index is 4.82. The number of aryl methyl sites for hydroxylation is 5. The zero-order chi connectivity index (χ0) is 25.4. The van der Waals surface area contributed by atoms with Gasteiger partial charge in [0.15, 0.2) is 0 Å². The number of hydrogen-bond acceptors (Lipinski definition) is 0. The molecule has 0 aromatic heterocycles. The monoisotopic (exact) mass is 664 g/mol. The van der Waals surface area contributed by atoms with E-state index in [0.29, 0.717) is 0 Å². The van der Waals surface area contributed by atoms with Crippen molar-refractivity contribution in [3.8, 4) is 0 Å². The molecular weight excluding hydrogens is 629 g/mol. The second-order valence-electron chi connectivity index (χ2n) is 10.3. The van der Waals surface area contributed by atoms with Crippen LogP contribution in [-0.2, 0) is 0 Å². The van der Waals surface area contributed by atoms with Gasteiger partial charge in [0.25, 0.3) is 0 Å². The quantitative estimate of drug-likeness (QED) is 0.219. The normalized spacial score (nSPS) is 12.6. The molecule has 0 nitrogen and oxygen atoms in total. The van der Waals surface area contributed by atoms with Gasteiger partial charge in [0.05, 0.1) is 0 Å². The topological polar surface area (TPSA) is 0 Å². The van der Waals surface area contributed by atoms with E-state index in [0.717, 1.165) is 0 Å². The number of benzene rings is 5. The molecule has 0 unspecified atom stereocenters. The summed E-state index contributed by atoms with van der Waals surface area (Å²) in [5.41, 5.74) is 6.44. The van der Waals surface area contributed by atoms with Crippen molar-refractivity contribution in [1.82, 2.24) is 0 Å². The molecule has 1 heteroatoms. The van der Waals surface area contributed by atoms with Crippen molar-refractivity contribution >= 4 is 35.1 Å². The van der Waals surface area contributed by atoms with Crippen molar-refractivity contribution in [3.05, 3.63) is 149 Å². The van der Waals surface area contributed by atoms with Crippen LogP contribution >= 0.6 is 0 Å². The predicted octanol–water partition coefficient (Wildman–Crippen LogP) is 5.47. The van der Waals surface area contributed by atoms with E-state index in [1.165, 1.54) is 44.2 Å². The van der Waals surface area contributed by atoms with Gasteiger partial charge in [-0.15, -0.1) is 0 Å². The third-order valence-corrected chi connectivity index (χ3v) is 33.6. The first kappa shape index (κ1) is 24.7. The van der Waals surface area contributed by atoms with Crippen LogP contribution in [0.3, 0.4) is 0 Å². The Kier molecular flexibility index (Phi) is 6.48. The van der Waals surface area contributed by atoms with Crippen LogP contribution in [0.5, 0.6) is 0 Å². The van der Waals surface area contributed by atoms with Gasteiger partial charge >= 0.3 is 219 Å². The molecule has 0 fully saturated rings. The van der Waals surface area contributed by atoms with E-state index in [4.69, 9.17) is 0 Å². The van der Waals surface area contributed by atoms with Gasteiger partial charge in [-0.25, -0.2) is 0 Å². The van der Waals surface area contributed by atoms with E-state index in [2.05, 4.69) is 156 Å². The van der Waals surface area contributed by atoms with Crippen LogP contribution in [0.1, 0.15) is 27.8 Å². The summed E-state index contributed by atoms with van der Waals surface area (Å²) in [4.78, 5) is 0. The molecule has 0 N–H and O–H groups in total. The Morgan fingerprint density at radius 3 is 0.528 bits per heavy atom. The summed E-state index contributed by atoms with van der Waals surface area (Å²) in [6.07, 6.45) is 0. The molecular formula is C35H35Bi. The molecule has 0 aliphatic carbocycles. The van der Waals surface area contributed by atoms with Gasteiger partial charge in [-0.1, -0.05) is 0 Å². The Hall–Kier alpha value is -3.02. The van der Waals surface area contributed by atoms with Crippen LogP contribution in [0.2, 0.25) is 0 Å². The SMILES string of the molecule is Cc1cc[c]([Bi]([c]2ccc(C)cc2)([c]2ccc(C)cc2)([c]2ccc(C)cc2)[c]2ccc(C)cc2)cc1. The Labute approximate surface area is 217 Å². The van der Waals surface area contributed by atoms with Crippen molar-refractivity contribution in [2.45, 2.75) is 34.6 Å². The van der Waals surface area contributed by atoms with Gasteiger partial charge in [-0.2, -0.15) is 0 Å². The van der Waals surface area contributed by atoms with Gasteiger partial charge in [-0.05, 0) is 0 Å². The fourth-order valence-corrected chi connectivity index (χ4v) is 31.8. The first-order valence-corrected chi connectivity index (χ1v) is 21.4. The van der Waals surface area contributed by atoms with Crippen LogP contribution in [0.4, 0.5) is 0 Å². The number of hydrogen-bond donors (Lipinski definition) is 0. The van der Waals surface area contributed by atoms with Gasteiger partial charge in [0, 0.05) is 0 Å². The maximum atomic E-state index is 2.42.